The molecule has 1 saturated carbocycles. The Labute approximate surface area is 109 Å². The zero-order valence-electron chi connectivity index (χ0n) is 11.2. The molecule has 0 aromatic heterocycles. The van der Waals surface area contributed by atoms with Crippen LogP contribution in [0.4, 0.5) is 0 Å². The second kappa shape index (κ2) is 4.76. The smallest absolute Gasteiger partial charge is 0.236 e. The molecule has 2 amide bonds. The van der Waals surface area contributed by atoms with E-state index in [2.05, 4.69) is 5.92 Å². The summed E-state index contributed by atoms with van der Waals surface area (Å²) in [7, 11) is 0. The van der Waals surface area contributed by atoms with Gasteiger partial charge in [-0.2, -0.15) is 0 Å². The number of carbonyl (C=O) groups is 2. The van der Waals surface area contributed by atoms with Gasteiger partial charge in [-0.15, -0.1) is 6.42 Å². The van der Waals surface area contributed by atoms with Crippen LogP contribution in [0.5, 0.6) is 0 Å². The molecule has 1 unspecified atom stereocenters. The van der Waals surface area contributed by atoms with Gasteiger partial charge in [-0.1, -0.05) is 39.0 Å². The summed E-state index contributed by atoms with van der Waals surface area (Å²) in [6.45, 7) is 3.91. The third-order valence-corrected chi connectivity index (χ3v) is 4.32. The second-order valence-corrected chi connectivity index (χ2v) is 5.94. The maximum atomic E-state index is 12.6. The fourth-order valence-electron chi connectivity index (χ4n) is 3.28. The molecule has 0 aromatic carbocycles. The lowest BCUT2D eigenvalue weighted by Gasteiger charge is -2.32. The Morgan fingerprint density at radius 1 is 1.22 bits per heavy atom. The summed E-state index contributed by atoms with van der Waals surface area (Å²) in [6, 6.07) is -0.383. The van der Waals surface area contributed by atoms with Crippen molar-refractivity contribution in [3.63, 3.8) is 0 Å². The van der Waals surface area contributed by atoms with Crippen molar-refractivity contribution in [1.82, 2.24) is 4.90 Å². The first-order valence-corrected chi connectivity index (χ1v) is 6.84. The molecule has 3 heteroatoms. The van der Waals surface area contributed by atoms with Gasteiger partial charge >= 0.3 is 0 Å². The van der Waals surface area contributed by atoms with Crippen LogP contribution < -0.4 is 0 Å². The monoisotopic (exact) mass is 247 g/mol. The number of imide groups is 1. The highest BCUT2D eigenvalue weighted by molar-refractivity contribution is 6.06. The van der Waals surface area contributed by atoms with Crippen molar-refractivity contribution in [1.29, 1.82) is 0 Å². The number of carbonyl (C=O) groups excluding carboxylic acids is 2. The van der Waals surface area contributed by atoms with Crippen molar-refractivity contribution >= 4 is 11.8 Å². The molecule has 0 aromatic rings. The molecule has 1 saturated heterocycles. The van der Waals surface area contributed by atoms with Gasteiger partial charge in [0.1, 0.15) is 6.04 Å². The SMILES string of the molecule is C#CC(C(C)C)N1C(=O)CC2(CCCCC2)C1=O. The maximum Gasteiger partial charge on any atom is 0.236 e. The Bertz CT molecular complexity index is 399. The van der Waals surface area contributed by atoms with Crippen LogP contribution in [0.25, 0.3) is 0 Å². The molecule has 1 atom stereocenters. The molecule has 1 heterocycles. The van der Waals surface area contributed by atoms with Crippen LogP contribution in [0.3, 0.4) is 0 Å². The number of nitrogens with zero attached hydrogens (tertiary/aromatic N) is 1. The molecule has 1 aliphatic carbocycles. The van der Waals surface area contributed by atoms with Crippen LogP contribution in [0.15, 0.2) is 0 Å². The van der Waals surface area contributed by atoms with Gasteiger partial charge in [-0.05, 0) is 18.8 Å². The topological polar surface area (TPSA) is 37.4 Å². The Kier molecular flexibility index (Phi) is 3.47. The predicted molar refractivity (Wildman–Crippen MR) is 69.4 cm³/mol. The van der Waals surface area contributed by atoms with E-state index in [0.29, 0.717) is 6.42 Å². The van der Waals surface area contributed by atoms with E-state index >= 15 is 0 Å². The van der Waals surface area contributed by atoms with E-state index < -0.39 is 5.41 Å². The molecule has 3 nitrogen and oxygen atoms in total. The van der Waals surface area contributed by atoms with E-state index in [0.717, 1.165) is 25.7 Å². The molecular formula is C15H21NO2. The van der Waals surface area contributed by atoms with Gasteiger partial charge in [0, 0.05) is 6.42 Å². The molecule has 2 fully saturated rings. The number of terminal acetylenes is 1. The molecule has 1 spiro atoms. The lowest BCUT2D eigenvalue weighted by atomic mass is 9.73. The Hall–Kier alpha value is -1.30. The fourth-order valence-corrected chi connectivity index (χ4v) is 3.28. The molecule has 0 radical (unpaired) electrons. The van der Waals surface area contributed by atoms with E-state index in [4.69, 9.17) is 6.42 Å². The van der Waals surface area contributed by atoms with Gasteiger partial charge in [0.05, 0.1) is 5.41 Å². The summed E-state index contributed by atoms with van der Waals surface area (Å²) in [6.07, 6.45) is 10.8. The van der Waals surface area contributed by atoms with E-state index in [-0.39, 0.29) is 23.8 Å². The van der Waals surface area contributed by atoms with Crippen molar-refractivity contribution < 1.29 is 9.59 Å². The largest absolute Gasteiger partial charge is 0.274 e. The van der Waals surface area contributed by atoms with Crippen LogP contribution in [0.1, 0.15) is 52.4 Å². The average molecular weight is 247 g/mol. The first kappa shape index (κ1) is 13.1. The van der Waals surface area contributed by atoms with E-state index in [9.17, 15) is 9.59 Å². The highest BCUT2D eigenvalue weighted by atomic mass is 16.2. The quantitative estimate of drug-likeness (QED) is 0.555. The first-order chi connectivity index (χ1) is 8.52. The van der Waals surface area contributed by atoms with Crippen molar-refractivity contribution in [3.8, 4) is 12.3 Å². The van der Waals surface area contributed by atoms with Crippen LogP contribution in [-0.4, -0.2) is 22.8 Å². The first-order valence-electron chi connectivity index (χ1n) is 6.84. The summed E-state index contributed by atoms with van der Waals surface area (Å²) >= 11 is 0. The highest BCUT2D eigenvalue weighted by Gasteiger charge is 2.53. The number of hydrogen-bond donors (Lipinski definition) is 0. The Balaban J connectivity index is 2.27. The standard InChI is InChI=1S/C15H21NO2/c1-4-12(11(2)3)16-13(17)10-15(14(16)18)8-6-5-7-9-15/h1,11-12H,5-10H2,2-3H3. The summed E-state index contributed by atoms with van der Waals surface area (Å²) in [5, 5.41) is 0. The number of amides is 2. The molecule has 98 valence electrons. The van der Waals surface area contributed by atoms with Gasteiger partial charge in [-0.3, -0.25) is 14.5 Å². The zero-order valence-corrected chi connectivity index (χ0v) is 11.2. The van der Waals surface area contributed by atoms with E-state index in [1.165, 1.54) is 11.3 Å². The van der Waals surface area contributed by atoms with Crippen LogP contribution in [-0.2, 0) is 9.59 Å². The maximum absolute atomic E-state index is 12.6. The van der Waals surface area contributed by atoms with Crippen LogP contribution >= 0.6 is 0 Å². The second-order valence-electron chi connectivity index (χ2n) is 5.94. The van der Waals surface area contributed by atoms with E-state index in [1.54, 1.807) is 0 Å². The predicted octanol–water partition coefficient (Wildman–Crippen LogP) is 2.35. The molecule has 2 aliphatic rings. The summed E-state index contributed by atoms with van der Waals surface area (Å²) in [4.78, 5) is 26.2. The fraction of sp³-hybridized carbons (Fsp3) is 0.733. The van der Waals surface area contributed by atoms with Crippen molar-refractivity contribution in [3.05, 3.63) is 0 Å². The molecule has 0 N–H and O–H groups in total. The average Bonchev–Trinajstić information content (AvgIpc) is 2.55. The van der Waals surface area contributed by atoms with Crippen molar-refractivity contribution in [2.75, 3.05) is 0 Å². The molecular weight excluding hydrogens is 226 g/mol. The minimum Gasteiger partial charge on any atom is -0.274 e. The third kappa shape index (κ3) is 1.94. The number of likely N-dealkylation sites (tertiary alicyclic amines) is 1. The molecule has 18 heavy (non-hydrogen) atoms. The number of hydrogen-bond acceptors (Lipinski definition) is 2. The summed E-state index contributed by atoms with van der Waals surface area (Å²) < 4.78 is 0. The lowest BCUT2D eigenvalue weighted by Crippen LogP contribution is -2.44. The third-order valence-electron chi connectivity index (χ3n) is 4.32. The summed E-state index contributed by atoms with van der Waals surface area (Å²) in [5.74, 6) is 2.64. The molecule has 2 rings (SSSR count). The lowest BCUT2D eigenvalue weighted by molar-refractivity contribution is -0.144. The zero-order chi connectivity index (χ0) is 13.3. The Morgan fingerprint density at radius 2 is 1.83 bits per heavy atom. The van der Waals surface area contributed by atoms with Gasteiger partial charge in [0.25, 0.3) is 0 Å². The highest BCUT2D eigenvalue weighted by Crippen LogP contribution is 2.46. The normalized spacial score (nSPS) is 24.7. The van der Waals surface area contributed by atoms with Gasteiger partial charge in [0.15, 0.2) is 0 Å². The van der Waals surface area contributed by atoms with Gasteiger partial charge in [0.2, 0.25) is 11.8 Å². The summed E-state index contributed by atoms with van der Waals surface area (Å²) in [5.41, 5.74) is -0.417. The minimum absolute atomic E-state index is 0.0103. The van der Waals surface area contributed by atoms with Crippen LogP contribution in [0, 0.1) is 23.7 Å². The van der Waals surface area contributed by atoms with Crippen molar-refractivity contribution in [2.24, 2.45) is 11.3 Å². The van der Waals surface area contributed by atoms with E-state index in [1.807, 2.05) is 13.8 Å². The van der Waals surface area contributed by atoms with Crippen LogP contribution in [0.2, 0.25) is 0 Å². The van der Waals surface area contributed by atoms with Gasteiger partial charge in [-0.25, -0.2) is 0 Å². The van der Waals surface area contributed by atoms with Crippen molar-refractivity contribution in [2.45, 2.75) is 58.4 Å². The molecule has 0 bridgehead atoms. The number of rotatable bonds is 2. The van der Waals surface area contributed by atoms with Gasteiger partial charge < -0.3 is 0 Å². The molecule has 1 aliphatic heterocycles. The minimum atomic E-state index is -0.417. The Morgan fingerprint density at radius 3 is 2.33 bits per heavy atom.